The second-order valence-corrected chi connectivity index (χ2v) is 4.61. The summed E-state index contributed by atoms with van der Waals surface area (Å²) in [7, 11) is 0. The molecule has 1 aliphatic rings. The zero-order valence-corrected chi connectivity index (χ0v) is 11.6. The molecule has 0 aromatic heterocycles. The lowest BCUT2D eigenvalue weighted by molar-refractivity contribution is -0.138. The highest BCUT2D eigenvalue weighted by Crippen LogP contribution is 2.13. The van der Waals surface area contributed by atoms with Crippen molar-refractivity contribution in [2.75, 3.05) is 13.1 Å². The van der Waals surface area contributed by atoms with Gasteiger partial charge in [0.25, 0.3) is 5.91 Å². The van der Waals surface area contributed by atoms with E-state index < -0.39 is 17.9 Å². The number of imide groups is 1. The van der Waals surface area contributed by atoms with Crippen molar-refractivity contribution in [3.8, 4) is 11.8 Å². The second-order valence-electron chi connectivity index (χ2n) is 4.61. The third-order valence-corrected chi connectivity index (χ3v) is 3.13. The number of nitrogens with one attached hydrogen (secondary N) is 1. The SMILES string of the molecule is CC1C(=O)NC(=O)CN1C(=O)c1cccc(C#CCN)c1. The fourth-order valence-corrected chi connectivity index (χ4v) is 2.01. The number of nitrogens with zero attached hydrogens (tertiary/aromatic N) is 1. The van der Waals surface area contributed by atoms with Crippen molar-refractivity contribution in [1.29, 1.82) is 0 Å². The second kappa shape index (κ2) is 6.20. The van der Waals surface area contributed by atoms with Gasteiger partial charge in [-0.25, -0.2) is 0 Å². The van der Waals surface area contributed by atoms with Crippen LogP contribution in [0.1, 0.15) is 22.8 Å². The summed E-state index contributed by atoms with van der Waals surface area (Å²) in [6, 6.07) is 6.02. The fraction of sp³-hybridized carbons (Fsp3) is 0.267. The van der Waals surface area contributed by atoms with Crippen LogP contribution in [0, 0.1) is 11.8 Å². The molecule has 3 amide bonds. The summed E-state index contributed by atoms with van der Waals surface area (Å²) in [5.74, 6) is 4.22. The van der Waals surface area contributed by atoms with E-state index in [1.54, 1.807) is 31.2 Å². The molecule has 1 saturated heterocycles. The lowest BCUT2D eigenvalue weighted by Gasteiger charge is -2.31. The maximum absolute atomic E-state index is 12.4. The van der Waals surface area contributed by atoms with Gasteiger partial charge >= 0.3 is 0 Å². The minimum absolute atomic E-state index is 0.134. The maximum Gasteiger partial charge on any atom is 0.255 e. The molecule has 0 bridgehead atoms. The lowest BCUT2D eigenvalue weighted by Crippen LogP contribution is -2.58. The molecule has 0 saturated carbocycles. The normalized spacial score (nSPS) is 17.8. The van der Waals surface area contributed by atoms with Gasteiger partial charge in [-0.05, 0) is 25.1 Å². The summed E-state index contributed by atoms with van der Waals surface area (Å²) in [6.07, 6.45) is 0. The summed E-state index contributed by atoms with van der Waals surface area (Å²) in [6.45, 7) is 1.68. The summed E-state index contributed by atoms with van der Waals surface area (Å²) >= 11 is 0. The maximum atomic E-state index is 12.4. The Morgan fingerprint density at radius 3 is 2.95 bits per heavy atom. The van der Waals surface area contributed by atoms with Gasteiger partial charge in [0.05, 0.1) is 6.54 Å². The molecule has 2 rings (SSSR count). The van der Waals surface area contributed by atoms with Crippen LogP contribution >= 0.6 is 0 Å². The molecule has 6 nitrogen and oxygen atoms in total. The topological polar surface area (TPSA) is 92.5 Å². The van der Waals surface area contributed by atoms with Crippen LogP contribution in [0.5, 0.6) is 0 Å². The number of amides is 3. The molecule has 1 atom stereocenters. The number of benzene rings is 1. The smallest absolute Gasteiger partial charge is 0.255 e. The number of piperazine rings is 1. The van der Waals surface area contributed by atoms with Gasteiger partial charge in [-0.2, -0.15) is 0 Å². The number of carbonyl (C=O) groups excluding carboxylic acids is 3. The molecule has 1 aromatic rings. The number of hydrogen-bond donors (Lipinski definition) is 2. The van der Waals surface area contributed by atoms with Gasteiger partial charge in [0.15, 0.2) is 0 Å². The first-order valence-corrected chi connectivity index (χ1v) is 6.46. The van der Waals surface area contributed by atoms with E-state index in [1.807, 2.05) is 0 Å². The molecule has 3 N–H and O–H groups in total. The molecule has 21 heavy (non-hydrogen) atoms. The average Bonchev–Trinajstić information content (AvgIpc) is 2.48. The van der Waals surface area contributed by atoms with E-state index >= 15 is 0 Å². The van der Waals surface area contributed by atoms with Gasteiger partial charge in [0.2, 0.25) is 11.8 Å². The van der Waals surface area contributed by atoms with Crippen molar-refractivity contribution in [2.45, 2.75) is 13.0 Å². The van der Waals surface area contributed by atoms with Crippen LogP contribution in [-0.2, 0) is 9.59 Å². The molecule has 6 heteroatoms. The van der Waals surface area contributed by atoms with E-state index in [4.69, 9.17) is 5.73 Å². The predicted molar refractivity (Wildman–Crippen MR) is 76.0 cm³/mol. The van der Waals surface area contributed by atoms with E-state index in [1.165, 1.54) is 4.90 Å². The Hall–Kier alpha value is -2.65. The molecule has 1 fully saturated rings. The standard InChI is InChI=1S/C15H15N3O3/c1-10-14(20)17-13(19)9-18(10)15(21)12-6-2-4-11(8-12)5-3-7-16/h2,4,6,8,10H,7,9,16H2,1H3,(H,17,19,20). The lowest BCUT2D eigenvalue weighted by atomic mass is 10.1. The van der Waals surface area contributed by atoms with Crippen LogP contribution in [0.3, 0.4) is 0 Å². The van der Waals surface area contributed by atoms with Gasteiger partial charge in [-0.3, -0.25) is 19.7 Å². The van der Waals surface area contributed by atoms with Crippen molar-refractivity contribution < 1.29 is 14.4 Å². The molecule has 1 aliphatic heterocycles. The zero-order chi connectivity index (χ0) is 15.4. The molecule has 0 aliphatic carbocycles. The summed E-state index contributed by atoms with van der Waals surface area (Å²) < 4.78 is 0. The van der Waals surface area contributed by atoms with Crippen molar-refractivity contribution in [3.05, 3.63) is 35.4 Å². The van der Waals surface area contributed by atoms with E-state index in [9.17, 15) is 14.4 Å². The van der Waals surface area contributed by atoms with Crippen molar-refractivity contribution in [2.24, 2.45) is 5.73 Å². The van der Waals surface area contributed by atoms with E-state index in [-0.39, 0.29) is 19.0 Å². The molecular formula is C15H15N3O3. The highest BCUT2D eigenvalue weighted by molar-refractivity contribution is 6.07. The Morgan fingerprint density at radius 1 is 1.48 bits per heavy atom. The summed E-state index contributed by atoms with van der Waals surface area (Å²) in [5.41, 5.74) is 6.35. The Balaban J connectivity index is 2.27. The van der Waals surface area contributed by atoms with E-state index in [0.29, 0.717) is 11.1 Å². The molecule has 0 radical (unpaired) electrons. The minimum atomic E-state index is -0.686. The Bertz CT molecular complexity index is 658. The number of nitrogens with two attached hydrogens (primary N) is 1. The van der Waals surface area contributed by atoms with Crippen LogP contribution < -0.4 is 11.1 Å². The summed E-state index contributed by atoms with van der Waals surface area (Å²) in [4.78, 5) is 36.7. The number of hydrogen-bond acceptors (Lipinski definition) is 4. The van der Waals surface area contributed by atoms with Crippen LogP contribution in [0.25, 0.3) is 0 Å². The van der Waals surface area contributed by atoms with Gasteiger partial charge in [0.1, 0.15) is 12.6 Å². The fourth-order valence-electron chi connectivity index (χ4n) is 2.01. The van der Waals surface area contributed by atoms with Crippen LogP contribution in [0.4, 0.5) is 0 Å². The Kier molecular flexibility index (Phi) is 4.36. The van der Waals surface area contributed by atoms with E-state index in [0.717, 1.165) is 0 Å². The third-order valence-electron chi connectivity index (χ3n) is 3.13. The van der Waals surface area contributed by atoms with Crippen LogP contribution in [0.15, 0.2) is 24.3 Å². The molecule has 1 aromatic carbocycles. The Morgan fingerprint density at radius 2 is 2.24 bits per heavy atom. The van der Waals surface area contributed by atoms with Gasteiger partial charge in [0, 0.05) is 11.1 Å². The van der Waals surface area contributed by atoms with Gasteiger partial charge in [-0.1, -0.05) is 17.9 Å². The minimum Gasteiger partial charge on any atom is -0.320 e. The van der Waals surface area contributed by atoms with Crippen LogP contribution in [-0.4, -0.2) is 41.8 Å². The van der Waals surface area contributed by atoms with Gasteiger partial charge in [-0.15, -0.1) is 0 Å². The predicted octanol–water partition coefficient (Wildman–Crippen LogP) is -0.516. The van der Waals surface area contributed by atoms with Crippen molar-refractivity contribution >= 4 is 17.7 Å². The summed E-state index contributed by atoms with van der Waals surface area (Å²) in [5, 5.41) is 2.20. The first-order valence-electron chi connectivity index (χ1n) is 6.46. The van der Waals surface area contributed by atoms with Crippen molar-refractivity contribution in [1.82, 2.24) is 10.2 Å². The number of carbonyl (C=O) groups is 3. The molecule has 108 valence electrons. The third kappa shape index (κ3) is 3.27. The average molecular weight is 285 g/mol. The van der Waals surface area contributed by atoms with E-state index in [2.05, 4.69) is 17.2 Å². The quantitative estimate of drug-likeness (QED) is 0.536. The van der Waals surface area contributed by atoms with Gasteiger partial charge < -0.3 is 10.6 Å². The molecular weight excluding hydrogens is 270 g/mol. The van der Waals surface area contributed by atoms with Crippen LogP contribution in [0.2, 0.25) is 0 Å². The Labute approximate surface area is 122 Å². The first kappa shape index (κ1) is 14.8. The monoisotopic (exact) mass is 285 g/mol. The molecule has 1 heterocycles. The molecule has 0 spiro atoms. The number of rotatable bonds is 1. The zero-order valence-electron chi connectivity index (χ0n) is 11.6. The van der Waals surface area contributed by atoms with Crippen molar-refractivity contribution in [3.63, 3.8) is 0 Å². The highest BCUT2D eigenvalue weighted by Gasteiger charge is 2.33. The molecule has 1 unspecified atom stereocenters. The largest absolute Gasteiger partial charge is 0.320 e. The highest BCUT2D eigenvalue weighted by atomic mass is 16.2. The first-order chi connectivity index (χ1) is 10.0.